The number of amides is 1. The summed E-state index contributed by atoms with van der Waals surface area (Å²) in [6.07, 6.45) is 2.74. The van der Waals surface area contributed by atoms with E-state index >= 15 is 0 Å². The van der Waals surface area contributed by atoms with Crippen molar-refractivity contribution < 1.29 is 19.4 Å². The van der Waals surface area contributed by atoms with Gasteiger partial charge in [0.1, 0.15) is 0 Å². The normalized spacial score (nSPS) is 19.3. The predicted octanol–water partition coefficient (Wildman–Crippen LogP) is 3.16. The molecule has 2 aromatic rings. The molecule has 1 N–H and O–H groups in total. The molecule has 0 spiro atoms. The summed E-state index contributed by atoms with van der Waals surface area (Å²) in [7, 11) is 0. The molecule has 0 unspecified atom stereocenters. The van der Waals surface area contributed by atoms with Gasteiger partial charge in [-0.1, -0.05) is 48.5 Å². The molecule has 5 heteroatoms. The Labute approximate surface area is 172 Å². The van der Waals surface area contributed by atoms with E-state index < -0.39 is 5.97 Å². The van der Waals surface area contributed by atoms with E-state index in [1.165, 1.54) is 17.7 Å². The maximum atomic E-state index is 12.5. The first kappa shape index (κ1) is 21.1. The van der Waals surface area contributed by atoms with E-state index in [9.17, 15) is 14.7 Å². The molecule has 1 saturated heterocycles. The number of benzene rings is 2. The average Bonchev–Trinajstić information content (AvgIpc) is 2.71. The summed E-state index contributed by atoms with van der Waals surface area (Å²) in [5.74, 6) is -0.962. The van der Waals surface area contributed by atoms with Crippen LogP contribution in [0, 0.1) is 5.92 Å². The van der Waals surface area contributed by atoms with Crippen LogP contribution in [0.3, 0.4) is 0 Å². The Morgan fingerprint density at radius 2 is 1.76 bits per heavy atom. The van der Waals surface area contributed by atoms with Crippen molar-refractivity contribution in [2.45, 2.75) is 44.6 Å². The van der Waals surface area contributed by atoms with Gasteiger partial charge in [-0.05, 0) is 56.6 Å². The standard InChI is InChI=1S/C24H29NO4/c1-24(2)16-18(13-15-29-24)19(17-8-4-3-5-9-17)12-14-25-22(26)20-10-6-7-11-21(20)23(27)28/h3-11,18-19H,12-16H2,1-2H3,(H,25,26)(H,27,28)/p-1/t18-,19-/m1/s1. The smallest absolute Gasteiger partial charge is 0.251 e. The molecule has 1 aliphatic rings. The number of aromatic carboxylic acids is 1. The Hall–Kier alpha value is -2.66. The number of carbonyl (C=O) groups excluding carboxylic acids is 2. The highest BCUT2D eigenvalue weighted by Gasteiger charge is 2.34. The fraction of sp³-hybridized carbons (Fsp3) is 0.417. The number of carboxylic acids is 1. The molecule has 154 valence electrons. The topological polar surface area (TPSA) is 78.5 Å². The maximum absolute atomic E-state index is 12.5. The van der Waals surface area contributed by atoms with Gasteiger partial charge in [-0.2, -0.15) is 0 Å². The van der Waals surface area contributed by atoms with Gasteiger partial charge in [0, 0.05) is 24.3 Å². The number of carbonyl (C=O) groups is 2. The molecule has 0 radical (unpaired) electrons. The zero-order valence-electron chi connectivity index (χ0n) is 17.0. The Kier molecular flexibility index (Phi) is 6.70. The Bertz CT molecular complexity index is 847. The van der Waals surface area contributed by atoms with E-state index in [-0.39, 0.29) is 22.6 Å². The van der Waals surface area contributed by atoms with Crippen LogP contribution in [0.2, 0.25) is 0 Å². The molecule has 1 aliphatic heterocycles. The van der Waals surface area contributed by atoms with Gasteiger partial charge < -0.3 is 20.0 Å². The largest absolute Gasteiger partial charge is 0.545 e. The quantitative estimate of drug-likeness (QED) is 0.782. The minimum atomic E-state index is -1.35. The molecule has 3 rings (SSSR count). The molecule has 0 bridgehead atoms. The van der Waals surface area contributed by atoms with E-state index in [0.717, 1.165) is 25.9 Å². The first-order valence-corrected chi connectivity index (χ1v) is 10.1. The number of hydrogen-bond donors (Lipinski definition) is 1. The average molecular weight is 394 g/mol. The second-order valence-corrected chi connectivity index (χ2v) is 8.26. The number of nitrogens with one attached hydrogen (secondary N) is 1. The summed E-state index contributed by atoms with van der Waals surface area (Å²) in [4.78, 5) is 23.8. The minimum Gasteiger partial charge on any atom is -0.545 e. The molecule has 1 amide bonds. The van der Waals surface area contributed by atoms with Crippen LogP contribution in [0.4, 0.5) is 0 Å². The Balaban J connectivity index is 1.69. The SMILES string of the molecule is CC1(C)C[C@H]([C@H](CCNC(=O)c2ccccc2C(=O)[O-])c2ccccc2)CCO1. The second kappa shape index (κ2) is 9.23. The first-order valence-electron chi connectivity index (χ1n) is 10.1. The Morgan fingerprint density at radius 1 is 1.10 bits per heavy atom. The van der Waals surface area contributed by atoms with E-state index in [1.807, 2.05) is 18.2 Å². The molecule has 0 aromatic heterocycles. The minimum absolute atomic E-state index is 0.0872. The lowest BCUT2D eigenvalue weighted by Crippen LogP contribution is -2.37. The summed E-state index contributed by atoms with van der Waals surface area (Å²) < 4.78 is 5.89. The summed E-state index contributed by atoms with van der Waals surface area (Å²) >= 11 is 0. The lowest BCUT2D eigenvalue weighted by Gasteiger charge is -2.39. The van der Waals surface area contributed by atoms with Gasteiger partial charge in [-0.3, -0.25) is 4.79 Å². The Morgan fingerprint density at radius 3 is 2.41 bits per heavy atom. The number of carboxylic acid groups (broad SMARTS) is 1. The fourth-order valence-corrected chi connectivity index (χ4v) is 4.29. The van der Waals surface area contributed by atoms with Crippen LogP contribution in [-0.4, -0.2) is 30.6 Å². The van der Waals surface area contributed by atoms with Gasteiger partial charge in [0.15, 0.2) is 0 Å². The predicted molar refractivity (Wildman–Crippen MR) is 110 cm³/mol. The fourth-order valence-electron chi connectivity index (χ4n) is 4.29. The zero-order valence-corrected chi connectivity index (χ0v) is 17.0. The third-order valence-electron chi connectivity index (χ3n) is 5.66. The van der Waals surface area contributed by atoms with Crippen LogP contribution in [0.1, 0.15) is 65.3 Å². The van der Waals surface area contributed by atoms with E-state index in [2.05, 4.69) is 31.3 Å². The molecule has 5 nitrogen and oxygen atoms in total. The monoisotopic (exact) mass is 394 g/mol. The molecular formula is C24H28NO4-. The van der Waals surface area contributed by atoms with Crippen molar-refractivity contribution >= 4 is 11.9 Å². The molecule has 0 saturated carbocycles. The van der Waals surface area contributed by atoms with Crippen molar-refractivity contribution in [1.29, 1.82) is 0 Å². The molecule has 29 heavy (non-hydrogen) atoms. The highest BCUT2D eigenvalue weighted by molar-refractivity contribution is 6.04. The van der Waals surface area contributed by atoms with Gasteiger partial charge in [0.2, 0.25) is 0 Å². The highest BCUT2D eigenvalue weighted by Crippen LogP contribution is 2.39. The van der Waals surface area contributed by atoms with E-state index in [1.54, 1.807) is 12.1 Å². The third kappa shape index (κ3) is 5.45. The van der Waals surface area contributed by atoms with E-state index in [0.29, 0.717) is 18.4 Å². The zero-order chi connectivity index (χ0) is 20.9. The lowest BCUT2D eigenvalue weighted by molar-refractivity contribution is -0.255. The van der Waals surface area contributed by atoms with Gasteiger partial charge in [0.05, 0.1) is 11.6 Å². The van der Waals surface area contributed by atoms with Crippen LogP contribution < -0.4 is 10.4 Å². The number of rotatable bonds is 7. The van der Waals surface area contributed by atoms with Gasteiger partial charge in [0.25, 0.3) is 5.91 Å². The van der Waals surface area contributed by atoms with Crippen LogP contribution >= 0.6 is 0 Å². The van der Waals surface area contributed by atoms with Gasteiger partial charge >= 0.3 is 0 Å². The summed E-state index contributed by atoms with van der Waals surface area (Å²) in [5, 5.41) is 14.2. The highest BCUT2D eigenvalue weighted by atomic mass is 16.5. The van der Waals surface area contributed by atoms with Crippen LogP contribution in [0.25, 0.3) is 0 Å². The number of hydrogen-bond acceptors (Lipinski definition) is 4. The molecule has 1 fully saturated rings. The molecule has 2 atom stereocenters. The number of ether oxygens (including phenoxy) is 1. The van der Waals surface area contributed by atoms with Crippen molar-refractivity contribution in [3.05, 3.63) is 71.3 Å². The summed E-state index contributed by atoms with van der Waals surface area (Å²) in [6, 6.07) is 16.5. The van der Waals surface area contributed by atoms with Gasteiger partial charge in [-0.25, -0.2) is 0 Å². The lowest BCUT2D eigenvalue weighted by atomic mass is 9.75. The van der Waals surface area contributed by atoms with Crippen LogP contribution in [0.15, 0.2) is 54.6 Å². The maximum Gasteiger partial charge on any atom is 0.251 e. The van der Waals surface area contributed by atoms with Crippen LogP contribution in [0.5, 0.6) is 0 Å². The molecule has 1 heterocycles. The van der Waals surface area contributed by atoms with Crippen molar-refractivity contribution in [1.82, 2.24) is 5.32 Å². The van der Waals surface area contributed by atoms with Crippen molar-refractivity contribution in [2.75, 3.05) is 13.2 Å². The van der Waals surface area contributed by atoms with E-state index in [4.69, 9.17) is 4.74 Å². The second-order valence-electron chi connectivity index (χ2n) is 8.26. The molecule has 0 aliphatic carbocycles. The third-order valence-corrected chi connectivity index (χ3v) is 5.66. The molecular weight excluding hydrogens is 366 g/mol. The first-order chi connectivity index (χ1) is 13.9. The van der Waals surface area contributed by atoms with Crippen LogP contribution in [-0.2, 0) is 4.74 Å². The molecule has 2 aromatic carbocycles. The van der Waals surface area contributed by atoms with Crippen molar-refractivity contribution in [3.8, 4) is 0 Å². The van der Waals surface area contributed by atoms with Crippen molar-refractivity contribution in [2.24, 2.45) is 5.92 Å². The van der Waals surface area contributed by atoms with Crippen molar-refractivity contribution in [3.63, 3.8) is 0 Å². The summed E-state index contributed by atoms with van der Waals surface area (Å²) in [5.41, 5.74) is 1.17. The summed E-state index contributed by atoms with van der Waals surface area (Å²) in [6.45, 7) is 5.46. The van der Waals surface area contributed by atoms with Gasteiger partial charge in [-0.15, -0.1) is 0 Å².